The molecule has 3 amide bonds. The average molecular weight is 913 g/mol. The number of anilines is 1. The minimum Gasteiger partial charge on any atom is -0.508 e. The molecule has 0 aromatic heterocycles. The van der Waals surface area contributed by atoms with Crippen molar-refractivity contribution in [3.05, 3.63) is 207 Å². The van der Waals surface area contributed by atoms with E-state index in [1.54, 1.807) is 54.6 Å². The summed E-state index contributed by atoms with van der Waals surface area (Å²) in [4.78, 5) is 75.3. The van der Waals surface area contributed by atoms with Gasteiger partial charge in [0, 0.05) is 30.7 Å². The number of ether oxygens (including phenoxy) is 2. The first-order valence-corrected chi connectivity index (χ1v) is 21.9. The molecular weight excluding hydrogens is 869 g/mol. The summed E-state index contributed by atoms with van der Waals surface area (Å²) in [5.41, 5.74) is 0.767. The van der Waals surface area contributed by atoms with Crippen LogP contribution in [0.3, 0.4) is 0 Å². The molecule has 7 atom stereocenters. The third-order valence-corrected chi connectivity index (χ3v) is 12.8. The fraction of sp³-hybridized carbons (Fsp3) is 0.208. The van der Waals surface area contributed by atoms with E-state index in [1.165, 1.54) is 42.5 Å². The van der Waals surface area contributed by atoms with Crippen molar-refractivity contribution >= 4 is 35.3 Å². The molecule has 342 valence electrons. The van der Waals surface area contributed by atoms with Crippen LogP contribution in [0, 0.1) is 27.9 Å². The van der Waals surface area contributed by atoms with Crippen LogP contribution in [0.25, 0.3) is 0 Å². The van der Waals surface area contributed by atoms with Crippen LogP contribution in [0.15, 0.2) is 158 Å². The number of amides is 3. The summed E-state index contributed by atoms with van der Waals surface area (Å²) >= 11 is 0. The number of nitrogens with one attached hydrogen (secondary N) is 1. The number of hydrogen-bond donors (Lipinski definition) is 4. The van der Waals surface area contributed by atoms with Crippen molar-refractivity contribution in [3.8, 4) is 17.6 Å². The molecule has 6 aromatic carbocycles. The van der Waals surface area contributed by atoms with Crippen LogP contribution >= 0.6 is 0 Å². The lowest BCUT2D eigenvalue weighted by Gasteiger charge is -2.46. The topological polar surface area (TPSA) is 209 Å². The summed E-state index contributed by atoms with van der Waals surface area (Å²) in [6, 6.07) is 39.4. The van der Waals surface area contributed by atoms with E-state index in [9.17, 15) is 30.2 Å². The number of imide groups is 1. The summed E-state index contributed by atoms with van der Waals surface area (Å²) in [5, 5.41) is 45.9. The number of fused-ring (bicyclic) bond motifs is 3. The zero-order valence-corrected chi connectivity index (χ0v) is 36.3. The average Bonchev–Trinajstić information content (AvgIpc) is 3.82. The van der Waals surface area contributed by atoms with Gasteiger partial charge < -0.3 is 30.1 Å². The smallest absolute Gasteiger partial charge is 0.421 e. The number of aliphatic hydroxyl groups excluding tert-OH is 2. The minimum atomic E-state index is -2.18. The van der Waals surface area contributed by atoms with Crippen molar-refractivity contribution in [2.45, 2.75) is 48.8 Å². The number of phenolic OH excluding ortho intramolecular Hbond substituents is 1. The third kappa shape index (κ3) is 8.11. The van der Waals surface area contributed by atoms with Gasteiger partial charge in [0.25, 0.3) is 5.69 Å². The first-order chi connectivity index (χ1) is 33.0. The number of morpholine rings is 1. The van der Waals surface area contributed by atoms with Gasteiger partial charge >= 0.3 is 12.1 Å². The summed E-state index contributed by atoms with van der Waals surface area (Å²) in [5.74, 6) is 1.58. The molecule has 3 heterocycles. The number of nitro groups is 1. The summed E-state index contributed by atoms with van der Waals surface area (Å²) < 4.78 is 12.3. The maximum atomic E-state index is 16.3. The van der Waals surface area contributed by atoms with Gasteiger partial charge in [0.1, 0.15) is 29.9 Å². The molecule has 9 rings (SSSR count). The number of cyclic esters (lactones) is 1. The van der Waals surface area contributed by atoms with E-state index in [0.717, 1.165) is 4.90 Å². The van der Waals surface area contributed by atoms with E-state index < -0.39 is 77.1 Å². The Balaban J connectivity index is 1.28. The van der Waals surface area contributed by atoms with Gasteiger partial charge in [-0.25, -0.2) is 9.69 Å². The molecule has 3 aliphatic heterocycles. The van der Waals surface area contributed by atoms with Gasteiger partial charge in [-0.2, -0.15) is 0 Å². The van der Waals surface area contributed by atoms with Gasteiger partial charge in [-0.15, -0.1) is 0 Å². The number of hydrogen-bond acceptors (Lipinski definition) is 12. The molecule has 0 unspecified atom stereocenters. The molecule has 1 spiro atoms. The molecule has 15 nitrogen and oxygen atoms in total. The highest BCUT2D eigenvalue weighted by atomic mass is 16.6. The SMILES string of the molecule is O=C1O[C@H](c2ccccc2)[C@H](c2ccccc2)N2[C@H]1[C@@H](C(=O)NC[C@H](O)c1ccccc1)[C@]1(C(=O)N(C(=O)OCc3ccc([N+](=O)[O-])cc3)c3ccc(C#CCCO)cc31)[C@H]2c1ccc(O)cc1. The Hall–Kier alpha value is -8.16. The van der Waals surface area contributed by atoms with Gasteiger partial charge in [0.2, 0.25) is 11.8 Å². The molecule has 6 aromatic rings. The highest BCUT2D eigenvalue weighted by Gasteiger charge is 2.75. The van der Waals surface area contributed by atoms with Gasteiger partial charge in [0.15, 0.2) is 0 Å². The van der Waals surface area contributed by atoms with Crippen LogP contribution in [0.5, 0.6) is 5.75 Å². The standard InChI is InChI=1S/C53H44N4O11/c58-29-11-10-12-33-21-28-42-41(30-33)53(51(63)55(42)52(64)67-32-34-19-24-39(25-20-34)57(65)66)44(49(61)54-31-43(60)35-13-4-1-5-14-35)46-50(62)68-47(37-17-8-3-9-18-37)45(36-15-6-2-7-16-36)56(46)48(53)38-22-26-40(59)27-23-38/h1-9,13-28,30,43-48,58-60H,11,29,31-32H2,(H,54,61)/t43-,44-,45-,46-,47+,48+,53-/m0/s1. The molecule has 0 aliphatic carbocycles. The number of non-ortho nitro benzene ring substituents is 1. The van der Waals surface area contributed by atoms with E-state index in [1.807, 2.05) is 65.6 Å². The number of benzene rings is 6. The molecule has 2 saturated heterocycles. The predicted molar refractivity (Wildman–Crippen MR) is 246 cm³/mol. The van der Waals surface area contributed by atoms with Gasteiger partial charge in [-0.1, -0.05) is 115 Å². The second kappa shape index (κ2) is 19.0. The molecule has 68 heavy (non-hydrogen) atoms. The lowest BCUT2D eigenvalue weighted by Crippen LogP contribution is -2.56. The Morgan fingerprint density at radius 3 is 2.12 bits per heavy atom. The summed E-state index contributed by atoms with van der Waals surface area (Å²) in [7, 11) is 0. The Labute approximate surface area is 390 Å². The molecule has 4 N–H and O–H groups in total. The van der Waals surface area contributed by atoms with E-state index in [-0.39, 0.29) is 42.3 Å². The molecular formula is C53H44N4O11. The molecule has 0 bridgehead atoms. The Bertz CT molecular complexity index is 2930. The number of aliphatic hydroxyl groups is 2. The first kappa shape index (κ1) is 45.0. The van der Waals surface area contributed by atoms with Crippen molar-refractivity contribution in [1.29, 1.82) is 0 Å². The second-order valence-corrected chi connectivity index (χ2v) is 16.7. The monoisotopic (exact) mass is 912 g/mol. The Kier molecular flexibility index (Phi) is 12.6. The van der Waals surface area contributed by atoms with E-state index in [2.05, 4.69) is 17.2 Å². The Morgan fingerprint density at radius 2 is 1.47 bits per heavy atom. The van der Waals surface area contributed by atoms with E-state index in [0.29, 0.717) is 33.4 Å². The predicted octanol–water partition coefficient (Wildman–Crippen LogP) is 6.89. The summed E-state index contributed by atoms with van der Waals surface area (Å²) in [6.07, 6.45) is -3.21. The first-order valence-electron chi connectivity index (χ1n) is 21.9. The zero-order chi connectivity index (χ0) is 47.5. The number of carbonyl (C=O) groups excluding carboxylic acids is 4. The zero-order valence-electron chi connectivity index (χ0n) is 36.3. The van der Waals surface area contributed by atoms with Crippen LogP contribution in [-0.4, -0.2) is 68.2 Å². The number of phenols is 1. The summed E-state index contributed by atoms with van der Waals surface area (Å²) in [6.45, 7) is -0.951. The Morgan fingerprint density at radius 1 is 0.824 bits per heavy atom. The lowest BCUT2D eigenvalue weighted by atomic mass is 9.65. The molecule has 3 aliphatic rings. The van der Waals surface area contributed by atoms with Crippen LogP contribution in [0.4, 0.5) is 16.2 Å². The van der Waals surface area contributed by atoms with Crippen molar-refractivity contribution < 1.29 is 48.9 Å². The maximum Gasteiger partial charge on any atom is 0.421 e. The molecule has 0 saturated carbocycles. The van der Waals surface area contributed by atoms with Gasteiger partial charge in [0.05, 0.1) is 41.3 Å². The van der Waals surface area contributed by atoms with Crippen LogP contribution in [-0.2, 0) is 35.9 Å². The number of esters is 1. The number of nitro benzene ring substituents is 1. The highest BCUT2D eigenvalue weighted by molar-refractivity contribution is 6.23. The van der Waals surface area contributed by atoms with E-state index >= 15 is 14.4 Å². The highest BCUT2D eigenvalue weighted by Crippen LogP contribution is 2.66. The largest absolute Gasteiger partial charge is 0.508 e. The normalized spacial score (nSPS) is 22.0. The quantitative estimate of drug-likeness (QED) is 0.0454. The molecule has 15 heteroatoms. The van der Waals surface area contributed by atoms with Crippen molar-refractivity contribution in [2.24, 2.45) is 5.92 Å². The third-order valence-electron chi connectivity index (χ3n) is 12.8. The fourth-order valence-electron chi connectivity index (χ4n) is 9.87. The molecule has 2 fully saturated rings. The number of rotatable bonds is 11. The number of nitrogens with zero attached hydrogens (tertiary/aromatic N) is 3. The van der Waals surface area contributed by atoms with Crippen LogP contribution < -0.4 is 10.2 Å². The molecule has 0 radical (unpaired) electrons. The fourth-order valence-corrected chi connectivity index (χ4v) is 9.87. The van der Waals surface area contributed by atoms with Gasteiger partial charge in [-0.3, -0.25) is 29.4 Å². The van der Waals surface area contributed by atoms with Crippen LogP contribution in [0.2, 0.25) is 0 Å². The lowest BCUT2D eigenvalue weighted by molar-refractivity contribution is -0.384. The second-order valence-electron chi connectivity index (χ2n) is 16.7. The van der Waals surface area contributed by atoms with Crippen LogP contribution in [0.1, 0.15) is 69.7 Å². The van der Waals surface area contributed by atoms with Crippen molar-refractivity contribution in [1.82, 2.24) is 10.2 Å². The van der Waals surface area contributed by atoms with Crippen molar-refractivity contribution in [3.63, 3.8) is 0 Å². The number of carbonyl (C=O) groups is 4. The number of aromatic hydroxyl groups is 1. The van der Waals surface area contributed by atoms with Crippen molar-refractivity contribution in [2.75, 3.05) is 18.1 Å². The minimum absolute atomic E-state index is 0.0337. The van der Waals surface area contributed by atoms with Gasteiger partial charge in [-0.05, 0) is 75.8 Å². The maximum absolute atomic E-state index is 16.3. The van der Waals surface area contributed by atoms with E-state index in [4.69, 9.17) is 9.47 Å².